The molecule has 144 valence electrons. The number of amides is 1. The summed E-state index contributed by atoms with van der Waals surface area (Å²) in [5.41, 5.74) is 1.95. The first-order chi connectivity index (χ1) is 12.8. The molecule has 0 aliphatic carbocycles. The van der Waals surface area contributed by atoms with E-state index in [2.05, 4.69) is 34.2 Å². The summed E-state index contributed by atoms with van der Waals surface area (Å²) >= 11 is 0. The monoisotopic (exact) mass is 375 g/mol. The number of carbonyl (C=O) groups is 1. The Balaban J connectivity index is 1.94. The highest BCUT2D eigenvalue weighted by atomic mass is 19.3. The van der Waals surface area contributed by atoms with Gasteiger partial charge in [0.1, 0.15) is 5.69 Å². The van der Waals surface area contributed by atoms with Gasteiger partial charge in [-0.3, -0.25) is 4.79 Å². The molecule has 1 saturated heterocycles. The van der Waals surface area contributed by atoms with Crippen molar-refractivity contribution in [3.8, 4) is 5.88 Å². The standard InChI is InChI=1S/C20H23F2N3O2/c1-12(2)14-6-4-5-7-15(14)20(10-23-11-20)18(26)25-16-9-8-13(3)24-17(16)27-19(21)22/h4-9,12,19,23H,10-11H2,1-3H3,(H,25,26). The van der Waals surface area contributed by atoms with E-state index in [9.17, 15) is 13.6 Å². The van der Waals surface area contributed by atoms with Crippen LogP contribution < -0.4 is 15.4 Å². The first kappa shape index (κ1) is 19.2. The number of aryl methyl sites for hydroxylation is 1. The second-order valence-corrected chi connectivity index (χ2v) is 7.07. The molecule has 0 bridgehead atoms. The third-order valence-electron chi connectivity index (χ3n) is 4.83. The molecule has 7 heteroatoms. The van der Waals surface area contributed by atoms with Crippen LogP contribution in [0.3, 0.4) is 0 Å². The number of anilines is 1. The highest BCUT2D eigenvalue weighted by Crippen LogP contribution is 2.36. The number of rotatable bonds is 6. The SMILES string of the molecule is Cc1ccc(NC(=O)C2(c3ccccc3C(C)C)CNC2)c(OC(F)F)n1. The molecule has 0 unspecified atom stereocenters. The maximum atomic E-state index is 13.2. The van der Waals surface area contributed by atoms with Gasteiger partial charge in [-0.15, -0.1) is 0 Å². The topological polar surface area (TPSA) is 63.2 Å². The van der Waals surface area contributed by atoms with E-state index < -0.39 is 12.0 Å². The summed E-state index contributed by atoms with van der Waals surface area (Å²) in [7, 11) is 0. The number of ether oxygens (including phenoxy) is 1. The quantitative estimate of drug-likeness (QED) is 0.810. The summed E-state index contributed by atoms with van der Waals surface area (Å²) in [6.07, 6.45) is 0. The van der Waals surface area contributed by atoms with Gasteiger partial charge in [0.15, 0.2) is 0 Å². The Hall–Kier alpha value is -2.54. The van der Waals surface area contributed by atoms with E-state index in [4.69, 9.17) is 0 Å². The normalized spacial score (nSPS) is 15.5. The maximum absolute atomic E-state index is 13.2. The average molecular weight is 375 g/mol. The molecule has 3 rings (SSSR count). The van der Waals surface area contributed by atoms with Crippen molar-refractivity contribution in [2.45, 2.75) is 38.7 Å². The predicted molar refractivity (Wildman–Crippen MR) is 99.3 cm³/mol. The molecule has 2 heterocycles. The summed E-state index contributed by atoms with van der Waals surface area (Å²) < 4.78 is 29.9. The van der Waals surface area contributed by atoms with Crippen LogP contribution in [-0.2, 0) is 10.2 Å². The molecular formula is C20H23F2N3O2. The number of nitrogens with one attached hydrogen (secondary N) is 2. The third kappa shape index (κ3) is 3.78. The molecule has 0 spiro atoms. The highest BCUT2D eigenvalue weighted by molar-refractivity contribution is 6.01. The zero-order valence-electron chi connectivity index (χ0n) is 15.6. The Labute approximate surface area is 157 Å². The van der Waals surface area contributed by atoms with Crippen LogP contribution >= 0.6 is 0 Å². The fourth-order valence-electron chi connectivity index (χ4n) is 3.33. The van der Waals surface area contributed by atoms with Crippen LogP contribution in [0.2, 0.25) is 0 Å². The van der Waals surface area contributed by atoms with Gasteiger partial charge in [0.2, 0.25) is 11.8 Å². The Morgan fingerprint density at radius 2 is 1.93 bits per heavy atom. The Kier molecular flexibility index (Phi) is 5.41. The van der Waals surface area contributed by atoms with E-state index in [1.165, 1.54) is 6.07 Å². The van der Waals surface area contributed by atoms with Gasteiger partial charge in [0.25, 0.3) is 0 Å². The van der Waals surface area contributed by atoms with Gasteiger partial charge < -0.3 is 15.4 Å². The van der Waals surface area contributed by atoms with E-state index in [1.54, 1.807) is 13.0 Å². The lowest BCUT2D eigenvalue weighted by atomic mass is 9.71. The Bertz CT molecular complexity index is 836. The molecule has 5 nitrogen and oxygen atoms in total. The van der Waals surface area contributed by atoms with Gasteiger partial charge in [0, 0.05) is 18.8 Å². The summed E-state index contributed by atoms with van der Waals surface area (Å²) in [4.78, 5) is 17.2. The number of alkyl halides is 2. The van der Waals surface area contributed by atoms with Gasteiger partial charge in [-0.25, -0.2) is 4.98 Å². The predicted octanol–water partition coefficient (Wildman–Crippen LogP) is 3.59. The molecule has 1 aliphatic heterocycles. The largest absolute Gasteiger partial charge is 0.415 e. The lowest BCUT2D eigenvalue weighted by Gasteiger charge is -2.43. The molecule has 1 aliphatic rings. The van der Waals surface area contributed by atoms with Gasteiger partial charge in [0.05, 0.1) is 5.41 Å². The van der Waals surface area contributed by atoms with Crippen molar-refractivity contribution in [1.29, 1.82) is 0 Å². The fraction of sp³-hybridized carbons (Fsp3) is 0.400. The molecule has 1 amide bonds. The molecule has 1 aromatic heterocycles. The summed E-state index contributed by atoms with van der Waals surface area (Å²) in [6.45, 7) is 3.76. The molecule has 2 aromatic rings. The summed E-state index contributed by atoms with van der Waals surface area (Å²) in [6, 6.07) is 11.0. The van der Waals surface area contributed by atoms with Crippen LogP contribution in [-0.4, -0.2) is 30.6 Å². The van der Waals surface area contributed by atoms with Crippen molar-refractivity contribution in [2.24, 2.45) is 0 Å². The van der Waals surface area contributed by atoms with E-state index in [0.29, 0.717) is 18.8 Å². The lowest BCUT2D eigenvalue weighted by Crippen LogP contribution is -2.63. The van der Waals surface area contributed by atoms with Crippen molar-refractivity contribution in [1.82, 2.24) is 10.3 Å². The second kappa shape index (κ2) is 7.60. The third-order valence-corrected chi connectivity index (χ3v) is 4.83. The Morgan fingerprint density at radius 3 is 2.52 bits per heavy atom. The maximum Gasteiger partial charge on any atom is 0.388 e. The van der Waals surface area contributed by atoms with E-state index in [0.717, 1.165) is 11.1 Å². The van der Waals surface area contributed by atoms with E-state index in [-0.39, 0.29) is 23.4 Å². The van der Waals surface area contributed by atoms with Crippen LogP contribution in [0.25, 0.3) is 0 Å². The molecular weight excluding hydrogens is 352 g/mol. The van der Waals surface area contributed by atoms with Crippen LogP contribution in [0.1, 0.15) is 36.6 Å². The zero-order valence-corrected chi connectivity index (χ0v) is 15.6. The van der Waals surface area contributed by atoms with Crippen LogP contribution in [0.15, 0.2) is 36.4 Å². The van der Waals surface area contributed by atoms with Crippen molar-refractivity contribution in [3.63, 3.8) is 0 Å². The molecule has 2 N–H and O–H groups in total. The van der Waals surface area contributed by atoms with Crippen LogP contribution in [0, 0.1) is 6.92 Å². The van der Waals surface area contributed by atoms with Crippen molar-refractivity contribution in [2.75, 3.05) is 18.4 Å². The molecule has 0 radical (unpaired) electrons. The number of carbonyl (C=O) groups excluding carboxylic acids is 1. The number of hydrogen-bond donors (Lipinski definition) is 2. The molecule has 1 fully saturated rings. The average Bonchev–Trinajstić information content (AvgIpc) is 2.56. The van der Waals surface area contributed by atoms with E-state index >= 15 is 0 Å². The van der Waals surface area contributed by atoms with Gasteiger partial charge in [-0.05, 0) is 36.1 Å². The number of aromatic nitrogens is 1. The van der Waals surface area contributed by atoms with Crippen molar-refractivity contribution >= 4 is 11.6 Å². The van der Waals surface area contributed by atoms with Gasteiger partial charge >= 0.3 is 6.61 Å². The Morgan fingerprint density at radius 1 is 1.22 bits per heavy atom. The van der Waals surface area contributed by atoms with Crippen LogP contribution in [0.5, 0.6) is 5.88 Å². The number of nitrogens with zero attached hydrogens (tertiary/aromatic N) is 1. The molecule has 0 saturated carbocycles. The first-order valence-corrected chi connectivity index (χ1v) is 8.87. The van der Waals surface area contributed by atoms with Gasteiger partial charge in [-0.1, -0.05) is 38.1 Å². The highest BCUT2D eigenvalue weighted by Gasteiger charge is 2.47. The second-order valence-electron chi connectivity index (χ2n) is 7.07. The summed E-state index contributed by atoms with van der Waals surface area (Å²) in [5, 5.41) is 5.91. The van der Waals surface area contributed by atoms with Crippen molar-refractivity contribution in [3.05, 3.63) is 53.2 Å². The summed E-state index contributed by atoms with van der Waals surface area (Å²) in [5.74, 6) is -0.290. The van der Waals surface area contributed by atoms with Crippen LogP contribution in [0.4, 0.5) is 14.5 Å². The first-order valence-electron chi connectivity index (χ1n) is 8.87. The lowest BCUT2D eigenvalue weighted by molar-refractivity contribution is -0.123. The number of hydrogen-bond acceptors (Lipinski definition) is 4. The fourth-order valence-corrected chi connectivity index (χ4v) is 3.33. The van der Waals surface area contributed by atoms with Crippen molar-refractivity contribution < 1.29 is 18.3 Å². The number of pyridine rings is 1. The minimum absolute atomic E-state index is 0.138. The smallest absolute Gasteiger partial charge is 0.388 e. The van der Waals surface area contributed by atoms with Gasteiger partial charge in [-0.2, -0.15) is 8.78 Å². The molecule has 0 atom stereocenters. The molecule has 1 aromatic carbocycles. The number of halogens is 2. The number of benzene rings is 1. The minimum atomic E-state index is -3.02. The minimum Gasteiger partial charge on any atom is -0.415 e. The molecule has 27 heavy (non-hydrogen) atoms. The zero-order chi connectivity index (χ0) is 19.6. The van der Waals surface area contributed by atoms with E-state index in [1.807, 2.05) is 24.3 Å².